The minimum Gasteiger partial charge on any atom is -0.410 e. The first-order chi connectivity index (χ1) is 11.1. The summed E-state index contributed by atoms with van der Waals surface area (Å²) in [5, 5.41) is 13.5. The minimum atomic E-state index is -0.184. The number of thioether (sulfide) groups is 1. The number of rotatable bonds is 5. The van der Waals surface area contributed by atoms with E-state index in [-0.39, 0.29) is 11.7 Å². The summed E-state index contributed by atoms with van der Waals surface area (Å²) in [6.07, 6.45) is 0. The van der Waals surface area contributed by atoms with Gasteiger partial charge in [0.1, 0.15) is 0 Å². The van der Waals surface area contributed by atoms with Crippen LogP contribution in [-0.4, -0.2) is 21.9 Å². The van der Waals surface area contributed by atoms with Crippen LogP contribution in [-0.2, 0) is 4.79 Å². The number of hydrogen-bond donors (Lipinski definition) is 1. The van der Waals surface area contributed by atoms with Gasteiger partial charge in [-0.2, -0.15) is 0 Å². The minimum absolute atomic E-state index is 0.163. The van der Waals surface area contributed by atoms with Gasteiger partial charge in [0, 0.05) is 0 Å². The molecule has 1 amide bonds. The largest absolute Gasteiger partial charge is 0.410 e. The molecule has 0 radical (unpaired) electrons. The van der Waals surface area contributed by atoms with E-state index >= 15 is 0 Å². The molecule has 0 aliphatic carbocycles. The van der Waals surface area contributed by atoms with Crippen molar-refractivity contribution < 1.29 is 9.21 Å². The van der Waals surface area contributed by atoms with Crippen LogP contribution in [0.3, 0.4) is 0 Å². The molecule has 0 aliphatic rings. The van der Waals surface area contributed by atoms with E-state index in [1.165, 1.54) is 23.1 Å². The standard InChI is InChI=1S/C15H12ClN3O2S2/c1-9-4-5-11(10(16)7-9)17-13(20)8-23-15-19-18-14(21-15)12-3-2-6-22-12/h2-7H,8H2,1H3,(H,17,20). The van der Waals surface area contributed by atoms with Crippen LogP contribution in [0, 0.1) is 6.92 Å². The number of amides is 1. The van der Waals surface area contributed by atoms with Gasteiger partial charge in [-0.1, -0.05) is 35.5 Å². The van der Waals surface area contributed by atoms with Crippen molar-refractivity contribution >= 4 is 46.3 Å². The number of thiophene rings is 1. The maximum absolute atomic E-state index is 12.0. The quantitative estimate of drug-likeness (QED) is 0.674. The van der Waals surface area contributed by atoms with Crippen molar-refractivity contribution in [3.8, 4) is 10.8 Å². The SMILES string of the molecule is Cc1ccc(NC(=O)CSc2nnc(-c3cccs3)o2)c(Cl)c1. The third-order valence-electron chi connectivity index (χ3n) is 2.86. The number of halogens is 1. The van der Waals surface area contributed by atoms with E-state index in [1.54, 1.807) is 12.1 Å². The van der Waals surface area contributed by atoms with Crippen molar-refractivity contribution in [3.05, 3.63) is 46.3 Å². The number of nitrogens with one attached hydrogen (secondary N) is 1. The number of aromatic nitrogens is 2. The highest BCUT2D eigenvalue weighted by molar-refractivity contribution is 7.99. The molecule has 3 aromatic rings. The van der Waals surface area contributed by atoms with Gasteiger partial charge in [0.15, 0.2) is 0 Å². The first kappa shape index (κ1) is 16.0. The summed E-state index contributed by atoms with van der Waals surface area (Å²) in [4.78, 5) is 12.9. The molecule has 2 aromatic heterocycles. The van der Waals surface area contributed by atoms with Gasteiger partial charge in [-0.25, -0.2) is 0 Å². The zero-order valence-electron chi connectivity index (χ0n) is 12.1. The molecule has 8 heteroatoms. The fourth-order valence-electron chi connectivity index (χ4n) is 1.80. The van der Waals surface area contributed by atoms with E-state index in [2.05, 4.69) is 15.5 Å². The highest BCUT2D eigenvalue weighted by Gasteiger charge is 2.12. The first-order valence-electron chi connectivity index (χ1n) is 6.68. The number of anilines is 1. The maximum atomic E-state index is 12.0. The number of benzene rings is 1. The summed E-state index contributed by atoms with van der Waals surface area (Å²) in [5.74, 6) is 0.442. The molecule has 2 heterocycles. The van der Waals surface area contributed by atoms with Crippen molar-refractivity contribution in [3.63, 3.8) is 0 Å². The van der Waals surface area contributed by atoms with Crippen molar-refractivity contribution in [2.45, 2.75) is 12.1 Å². The molecular weight excluding hydrogens is 354 g/mol. The maximum Gasteiger partial charge on any atom is 0.277 e. The average molecular weight is 366 g/mol. The zero-order chi connectivity index (χ0) is 16.2. The molecule has 1 N–H and O–H groups in total. The van der Waals surface area contributed by atoms with Crippen LogP contribution in [0.1, 0.15) is 5.56 Å². The molecule has 0 spiro atoms. The van der Waals surface area contributed by atoms with Crippen LogP contribution in [0.2, 0.25) is 5.02 Å². The van der Waals surface area contributed by atoms with Crippen molar-refractivity contribution in [1.82, 2.24) is 10.2 Å². The van der Waals surface area contributed by atoms with Gasteiger partial charge in [-0.3, -0.25) is 4.79 Å². The summed E-state index contributed by atoms with van der Waals surface area (Å²) in [5.41, 5.74) is 1.63. The topological polar surface area (TPSA) is 68.0 Å². The highest BCUT2D eigenvalue weighted by atomic mass is 35.5. The second kappa shape index (κ2) is 7.16. The number of nitrogens with zero attached hydrogens (tertiary/aromatic N) is 2. The predicted octanol–water partition coefficient (Wildman–Crippen LogP) is 4.49. The van der Waals surface area contributed by atoms with E-state index in [1.807, 2.05) is 30.5 Å². The van der Waals surface area contributed by atoms with Crippen LogP contribution >= 0.6 is 34.7 Å². The van der Waals surface area contributed by atoms with Gasteiger partial charge < -0.3 is 9.73 Å². The molecule has 23 heavy (non-hydrogen) atoms. The summed E-state index contributed by atoms with van der Waals surface area (Å²) < 4.78 is 5.51. The van der Waals surface area contributed by atoms with E-state index < -0.39 is 0 Å². The van der Waals surface area contributed by atoms with Gasteiger partial charge in [0.05, 0.1) is 21.3 Å². The van der Waals surface area contributed by atoms with E-state index in [0.717, 1.165) is 10.4 Å². The highest BCUT2D eigenvalue weighted by Crippen LogP contribution is 2.27. The lowest BCUT2D eigenvalue weighted by Crippen LogP contribution is -2.14. The summed E-state index contributed by atoms with van der Waals surface area (Å²) in [6, 6.07) is 9.28. The lowest BCUT2D eigenvalue weighted by molar-refractivity contribution is -0.113. The second-order valence-electron chi connectivity index (χ2n) is 4.67. The summed E-state index contributed by atoms with van der Waals surface area (Å²) in [6.45, 7) is 1.94. The van der Waals surface area contributed by atoms with Crippen LogP contribution < -0.4 is 5.32 Å². The fraction of sp³-hybridized carbons (Fsp3) is 0.133. The molecule has 0 saturated heterocycles. The molecule has 0 saturated carbocycles. The molecular formula is C15H12ClN3O2S2. The molecule has 118 valence electrons. The van der Waals surface area contributed by atoms with Gasteiger partial charge in [-0.15, -0.1) is 21.5 Å². The molecule has 0 unspecified atom stereocenters. The Morgan fingerprint density at radius 2 is 2.26 bits per heavy atom. The van der Waals surface area contributed by atoms with Crippen molar-refractivity contribution in [2.75, 3.05) is 11.1 Å². The van der Waals surface area contributed by atoms with E-state index in [9.17, 15) is 4.79 Å². The smallest absolute Gasteiger partial charge is 0.277 e. The number of carbonyl (C=O) groups excluding carboxylic acids is 1. The normalized spacial score (nSPS) is 10.7. The monoisotopic (exact) mass is 365 g/mol. The number of aryl methyl sites for hydroxylation is 1. The van der Waals surface area contributed by atoms with Crippen LogP contribution in [0.25, 0.3) is 10.8 Å². The summed E-state index contributed by atoms with van der Waals surface area (Å²) in [7, 11) is 0. The van der Waals surface area contributed by atoms with E-state index in [4.69, 9.17) is 16.0 Å². The van der Waals surface area contributed by atoms with Crippen LogP contribution in [0.5, 0.6) is 0 Å². The fourth-order valence-corrected chi connectivity index (χ4v) is 3.29. The second-order valence-corrected chi connectivity index (χ2v) is 6.95. The Kier molecular flexibility index (Phi) is 5.00. The van der Waals surface area contributed by atoms with Crippen molar-refractivity contribution in [1.29, 1.82) is 0 Å². The van der Waals surface area contributed by atoms with E-state index in [0.29, 0.717) is 21.8 Å². The van der Waals surface area contributed by atoms with Crippen LogP contribution in [0.4, 0.5) is 5.69 Å². The Hall–Kier alpha value is -1.83. The Morgan fingerprint density at radius 3 is 3.00 bits per heavy atom. The molecule has 0 bridgehead atoms. The zero-order valence-corrected chi connectivity index (χ0v) is 14.5. The van der Waals surface area contributed by atoms with Crippen molar-refractivity contribution in [2.24, 2.45) is 0 Å². The van der Waals surface area contributed by atoms with Gasteiger partial charge >= 0.3 is 0 Å². The molecule has 0 atom stereocenters. The predicted molar refractivity (Wildman–Crippen MR) is 93.2 cm³/mol. The van der Waals surface area contributed by atoms with Gasteiger partial charge in [0.25, 0.3) is 11.1 Å². The lowest BCUT2D eigenvalue weighted by atomic mass is 10.2. The van der Waals surface area contributed by atoms with Gasteiger partial charge in [-0.05, 0) is 36.1 Å². The molecule has 5 nitrogen and oxygen atoms in total. The molecule has 0 fully saturated rings. The summed E-state index contributed by atoms with van der Waals surface area (Å²) >= 11 is 8.79. The third-order valence-corrected chi connectivity index (χ3v) is 4.85. The number of hydrogen-bond acceptors (Lipinski definition) is 6. The average Bonchev–Trinajstić information content (AvgIpc) is 3.18. The number of carbonyl (C=O) groups is 1. The molecule has 0 aliphatic heterocycles. The Morgan fingerprint density at radius 1 is 1.39 bits per heavy atom. The lowest BCUT2D eigenvalue weighted by Gasteiger charge is -2.06. The van der Waals surface area contributed by atoms with Crippen LogP contribution in [0.15, 0.2) is 45.4 Å². The molecule has 3 rings (SSSR count). The Labute approximate surface area is 146 Å². The van der Waals surface area contributed by atoms with Gasteiger partial charge in [0.2, 0.25) is 5.91 Å². The third kappa shape index (κ3) is 4.13. The molecule has 1 aromatic carbocycles. The Bertz CT molecular complexity index is 818. The first-order valence-corrected chi connectivity index (χ1v) is 8.92. The Balaban J connectivity index is 1.57.